The molecule has 0 aliphatic rings. The first-order valence-electron chi connectivity index (χ1n) is 6.14. The molecule has 17 heavy (non-hydrogen) atoms. The van der Waals surface area contributed by atoms with E-state index in [9.17, 15) is 9.59 Å². The number of carbonyl (C=O) groups excluding carboxylic acids is 1. The predicted octanol–water partition coefficient (Wildman–Crippen LogP) is 0.992. The van der Waals surface area contributed by atoms with E-state index >= 15 is 0 Å². The number of rotatable bonds is 9. The summed E-state index contributed by atoms with van der Waals surface area (Å²) in [5.41, 5.74) is 0. The second-order valence-electron chi connectivity index (χ2n) is 4.69. The van der Waals surface area contributed by atoms with Gasteiger partial charge in [-0.3, -0.25) is 4.79 Å². The number of aliphatic carboxylic acids is 1. The quantitative estimate of drug-likeness (QED) is 0.529. The zero-order chi connectivity index (χ0) is 13.3. The van der Waals surface area contributed by atoms with Gasteiger partial charge >= 0.3 is 5.97 Å². The largest absolute Gasteiger partial charge is 0.480 e. The molecule has 1 amide bonds. The van der Waals surface area contributed by atoms with Crippen LogP contribution in [0.25, 0.3) is 0 Å². The molecule has 100 valence electrons. The van der Waals surface area contributed by atoms with Crippen molar-refractivity contribution in [2.75, 3.05) is 13.1 Å². The summed E-state index contributed by atoms with van der Waals surface area (Å²) in [6.45, 7) is 6.75. The maximum atomic E-state index is 10.8. The Morgan fingerprint density at radius 1 is 1.24 bits per heavy atom. The number of unbranched alkanes of at least 4 members (excludes halogenated alkanes) is 1. The monoisotopic (exact) mass is 244 g/mol. The lowest BCUT2D eigenvalue weighted by Gasteiger charge is -2.14. The molecular weight excluding hydrogens is 220 g/mol. The SMILES string of the molecule is CC(=O)NC(CNCCCCC(C)C)C(=O)O. The second-order valence-corrected chi connectivity index (χ2v) is 4.69. The summed E-state index contributed by atoms with van der Waals surface area (Å²) >= 11 is 0. The van der Waals surface area contributed by atoms with Crippen molar-refractivity contribution in [1.82, 2.24) is 10.6 Å². The Bertz CT molecular complexity index is 242. The molecule has 0 spiro atoms. The van der Waals surface area contributed by atoms with E-state index in [0.29, 0.717) is 5.92 Å². The van der Waals surface area contributed by atoms with Crippen molar-refractivity contribution in [3.63, 3.8) is 0 Å². The summed E-state index contributed by atoms with van der Waals surface area (Å²) in [5.74, 6) is -0.616. The van der Waals surface area contributed by atoms with Crippen LogP contribution in [-0.4, -0.2) is 36.1 Å². The van der Waals surface area contributed by atoms with Crippen molar-refractivity contribution in [1.29, 1.82) is 0 Å². The highest BCUT2D eigenvalue weighted by Crippen LogP contribution is 2.04. The van der Waals surface area contributed by atoms with Gasteiger partial charge in [-0.2, -0.15) is 0 Å². The molecular formula is C12H24N2O3. The Kier molecular flexibility index (Phi) is 8.40. The summed E-state index contributed by atoms with van der Waals surface area (Å²) in [7, 11) is 0. The first-order valence-corrected chi connectivity index (χ1v) is 6.14. The maximum Gasteiger partial charge on any atom is 0.327 e. The van der Waals surface area contributed by atoms with E-state index in [-0.39, 0.29) is 12.5 Å². The topological polar surface area (TPSA) is 78.4 Å². The summed E-state index contributed by atoms with van der Waals surface area (Å²) < 4.78 is 0. The van der Waals surface area contributed by atoms with Crippen LogP contribution in [0.3, 0.4) is 0 Å². The van der Waals surface area contributed by atoms with Gasteiger partial charge in [-0.25, -0.2) is 4.79 Å². The summed E-state index contributed by atoms with van der Waals surface area (Å²) in [6, 6.07) is -0.836. The first kappa shape index (κ1) is 15.9. The zero-order valence-corrected chi connectivity index (χ0v) is 11.0. The molecule has 0 rings (SSSR count). The van der Waals surface area contributed by atoms with Crippen LogP contribution in [0.5, 0.6) is 0 Å². The summed E-state index contributed by atoms with van der Waals surface area (Å²) in [6.07, 6.45) is 3.36. The summed E-state index contributed by atoms with van der Waals surface area (Å²) in [4.78, 5) is 21.6. The lowest BCUT2D eigenvalue weighted by Crippen LogP contribution is -2.46. The fourth-order valence-corrected chi connectivity index (χ4v) is 1.49. The Morgan fingerprint density at radius 2 is 1.88 bits per heavy atom. The Balaban J connectivity index is 3.61. The van der Waals surface area contributed by atoms with Crippen LogP contribution in [0.1, 0.15) is 40.0 Å². The minimum absolute atomic E-state index is 0.274. The molecule has 0 aliphatic heterocycles. The fraction of sp³-hybridized carbons (Fsp3) is 0.833. The molecule has 3 N–H and O–H groups in total. The molecule has 0 saturated heterocycles. The van der Waals surface area contributed by atoms with Crippen molar-refractivity contribution in [2.24, 2.45) is 5.92 Å². The fourth-order valence-electron chi connectivity index (χ4n) is 1.49. The maximum absolute atomic E-state index is 10.8. The zero-order valence-electron chi connectivity index (χ0n) is 11.0. The summed E-state index contributed by atoms with van der Waals surface area (Å²) in [5, 5.41) is 14.3. The van der Waals surface area contributed by atoms with Gasteiger partial charge in [0.1, 0.15) is 6.04 Å². The number of carboxylic acid groups (broad SMARTS) is 1. The minimum Gasteiger partial charge on any atom is -0.480 e. The van der Waals surface area contributed by atoms with Crippen LogP contribution in [-0.2, 0) is 9.59 Å². The van der Waals surface area contributed by atoms with E-state index in [1.54, 1.807) is 0 Å². The van der Waals surface area contributed by atoms with Gasteiger partial charge in [-0.05, 0) is 18.9 Å². The lowest BCUT2D eigenvalue weighted by molar-refractivity contribution is -0.141. The molecule has 5 heteroatoms. The van der Waals surface area contributed by atoms with Crippen molar-refractivity contribution >= 4 is 11.9 Å². The molecule has 0 fully saturated rings. The van der Waals surface area contributed by atoms with E-state index in [4.69, 9.17) is 5.11 Å². The average molecular weight is 244 g/mol. The van der Waals surface area contributed by atoms with E-state index in [1.165, 1.54) is 13.3 Å². The van der Waals surface area contributed by atoms with E-state index in [2.05, 4.69) is 24.5 Å². The number of nitrogens with one attached hydrogen (secondary N) is 2. The predicted molar refractivity (Wildman–Crippen MR) is 66.8 cm³/mol. The van der Waals surface area contributed by atoms with Crippen molar-refractivity contribution in [3.8, 4) is 0 Å². The third-order valence-electron chi connectivity index (χ3n) is 2.41. The highest BCUT2D eigenvalue weighted by molar-refractivity contribution is 5.82. The highest BCUT2D eigenvalue weighted by atomic mass is 16.4. The molecule has 1 atom stereocenters. The molecule has 0 aromatic rings. The number of hydrogen-bond acceptors (Lipinski definition) is 3. The molecule has 0 aromatic heterocycles. The minimum atomic E-state index is -1.00. The van der Waals surface area contributed by atoms with E-state index < -0.39 is 12.0 Å². The second kappa shape index (κ2) is 8.98. The van der Waals surface area contributed by atoms with Gasteiger partial charge in [-0.1, -0.05) is 26.7 Å². The number of carboxylic acids is 1. The van der Waals surface area contributed by atoms with Gasteiger partial charge in [0.25, 0.3) is 0 Å². The molecule has 5 nitrogen and oxygen atoms in total. The van der Waals surface area contributed by atoms with Crippen LogP contribution in [0.4, 0.5) is 0 Å². The average Bonchev–Trinajstić information content (AvgIpc) is 2.20. The van der Waals surface area contributed by atoms with Crippen LogP contribution in [0.15, 0.2) is 0 Å². The van der Waals surface area contributed by atoms with Gasteiger partial charge in [0, 0.05) is 13.5 Å². The Hall–Kier alpha value is -1.10. The van der Waals surface area contributed by atoms with Gasteiger partial charge in [0.15, 0.2) is 0 Å². The molecule has 1 unspecified atom stereocenters. The molecule has 0 saturated carbocycles. The van der Waals surface area contributed by atoms with Crippen LogP contribution in [0, 0.1) is 5.92 Å². The van der Waals surface area contributed by atoms with Crippen LogP contribution < -0.4 is 10.6 Å². The lowest BCUT2D eigenvalue weighted by atomic mass is 10.1. The molecule has 0 heterocycles. The van der Waals surface area contributed by atoms with Crippen LogP contribution in [0.2, 0.25) is 0 Å². The molecule has 0 aliphatic carbocycles. The normalized spacial score (nSPS) is 12.5. The van der Waals surface area contributed by atoms with Gasteiger partial charge in [0.2, 0.25) is 5.91 Å². The molecule has 0 bridgehead atoms. The van der Waals surface area contributed by atoms with Gasteiger partial charge < -0.3 is 15.7 Å². The van der Waals surface area contributed by atoms with Crippen molar-refractivity contribution in [2.45, 2.75) is 46.1 Å². The van der Waals surface area contributed by atoms with Gasteiger partial charge in [-0.15, -0.1) is 0 Å². The van der Waals surface area contributed by atoms with E-state index in [0.717, 1.165) is 19.4 Å². The number of hydrogen-bond donors (Lipinski definition) is 3. The van der Waals surface area contributed by atoms with Gasteiger partial charge in [0.05, 0.1) is 0 Å². The Labute approximate surface area is 103 Å². The third-order valence-corrected chi connectivity index (χ3v) is 2.41. The van der Waals surface area contributed by atoms with Crippen LogP contribution >= 0.6 is 0 Å². The standard InChI is InChI=1S/C12H24N2O3/c1-9(2)6-4-5-7-13-8-11(12(16)17)14-10(3)15/h9,11,13H,4-8H2,1-3H3,(H,14,15)(H,16,17). The number of carbonyl (C=O) groups is 2. The first-order chi connectivity index (χ1) is 7.93. The van der Waals surface area contributed by atoms with Crippen molar-refractivity contribution < 1.29 is 14.7 Å². The third kappa shape index (κ3) is 9.81. The Morgan fingerprint density at radius 3 is 2.35 bits per heavy atom. The van der Waals surface area contributed by atoms with E-state index in [1.807, 2.05) is 0 Å². The van der Waals surface area contributed by atoms with Crippen molar-refractivity contribution in [3.05, 3.63) is 0 Å². The number of amides is 1. The highest BCUT2D eigenvalue weighted by Gasteiger charge is 2.17. The molecule has 0 aromatic carbocycles. The smallest absolute Gasteiger partial charge is 0.327 e. The molecule has 0 radical (unpaired) electrons.